The molecule has 4 aromatic rings. The quantitative estimate of drug-likeness (QED) is 0.0289. The van der Waals surface area contributed by atoms with Crippen molar-refractivity contribution in [3.05, 3.63) is 115 Å². The van der Waals surface area contributed by atoms with E-state index >= 15 is 0 Å². The van der Waals surface area contributed by atoms with Crippen molar-refractivity contribution in [2.45, 2.75) is 118 Å². The van der Waals surface area contributed by atoms with Gasteiger partial charge in [-0.15, -0.1) is 0 Å². The van der Waals surface area contributed by atoms with Crippen LogP contribution in [0.15, 0.2) is 48.5 Å². The van der Waals surface area contributed by atoms with Gasteiger partial charge < -0.3 is 29.5 Å². The Hall–Kier alpha value is -6.46. The Morgan fingerprint density at radius 2 is 0.803 bits per heavy atom. The van der Waals surface area contributed by atoms with Crippen LogP contribution in [-0.2, 0) is 40.3 Å². The highest BCUT2D eigenvalue weighted by Crippen LogP contribution is 2.58. The fourth-order valence-corrected chi connectivity index (χ4v) is 11.3. The van der Waals surface area contributed by atoms with Crippen LogP contribution in [0.3, 0.4) is 0 Å². The highest BCUT2D eigenvalue weighted by Gasteiger charge is 2.49. The Morgan fingerprint density at radius 1 is 0.521 bits per heavy atom. The molecule has 0 unspecified atom stereocenters. The van der Waals surface area contributed by atoms with E-state index in [9.17, 15) is 39.0 Å². The Morgan fingerprint density at radius 3 is 1.07 bits per heavy atom. The lowest BCUT2D eigenvalue weighted by Gasteiger charge is -2.52. The summed E-state index contributed by atoms with van der Waals surface area (Å²) in [5.41, 5.74) is 5.27. The minimum atomic E-state index is -1.18. The van der Waals surface area contributed by atoms with Gasteiger partial charge in [0.25, 0.3) is 0 Å². The van der Waals surface area contributed by atoms with E-state index in [0.29, 0.717) is 60.5 Å². The van der Waals surface area contributed by atoms with E-state index in [-0.39, 0.29) is 75.7 Å². The predicted molar refractivity (Wildman–Crippen MR) is 258 cm³/mol. The first-order chi connectivity index (χ1) is 33.9. The molecule has 0 aliphatic heterocycles. The van der Waals surface area contributed by atoms with Crippen LogP contribution in [0.5, 0.6) is 23.0 Å². The third-order valence-corrected chi connectivity index (χ3v) is 15.0. The van der Waals surface area contributed by atoms with E-state index in [4.69, 9.17) is 39.1 Å². The molecule has 4 aromatic carbocycles. The molecule has 2 aliphatic carbocycles. The number of aliphatic carboxylic acids is 2. The highest BCUT2D eigenvalue weighted by molar-refractivity contribution is 5.84. The molecule has 0 bridgehead atoms. The first-order valence-corrected chi connectivity index (χ1v) is 24.0. The molecule has 0 aromatic heterocycles. The first kappa shape index (κ1) is 53.9. The molecular formula is C55H64O16. The number of carbonyl (C=O) groups is 6. The molecule has 16 nitrogen and oxygen atoms in total. The van der Waals surface area contributed by atoms with Gasteiger partial charge in [-0.1, -0.05) is 38.1 Å². The first-order valence-electron chi connectivity index (χ1n) is 24.0. The second-order valence-electron chi connectivity index (χ2n) is 19.3. The molecule has 16 heteroatoms. The summed E-state index contributed by atoms with van der Waals surface area (Å²) in [5.74, 6) is -1.05. The Kier molecular flexibility index (Phi) is 17.6. The molecule has 0 atom stereocenters. The smallest absolute Gasteiger partial charge is 0.341 e. The van der Waals surface area contributed by atoms with Crippen LogP contribution in [0.4, 0.5) is 0 Å². The van der Waals surface area contributed by atoms with Crippen LogP contribution >= 0.6 is 0 Å². The topological polar surface area (TPSA) is 217 Å². The normalized spacial score (nSPS) is 15.9. The number of ether oxygens (including phenoxy) is 2. The maximum Gasteiger partial charge on any atom is 0.341 e. The molecule has 0 spiro atoms. The summed E-state index contributed by atoms with van der Waals surface area (Å²) >= 11 is 0. The van der Waals surface area contributed by atoms with Crippen LogP contribution in [0.2, 0.25) is 0 Å². The van der Waals surface area contributed by atoms with Gasteiger partial charge in [0.2, 0.25) is 0 Å². The number of hydrogen-bond acceptors (Lipinski definition) is 14. The van der Waals surface area contributed by atoms with Gasteiger partial charge in [0.05, 0.1) is 35.5 Å². The van der Waals surface area contributed by atoms with Crippen LogP contribution in [-0.4, -0.2) is 73.7 Å². The van der Waals surface area contributed by atoms with Gasteiger partial charge in [-0.3, -0.25) is 19.2 Å². The summed E-state index contributed by atoms with van der Waals surface area (Å²) in [7, 11) is 0. The number of carbonyl (C=O) groups excluding carboxylic acids is 4. The van der Waals surface area contributed by atoms with Crippen LogP contribution < -0.4 is 19.2 Å². The predicted octanol–water partition coefficient (Wildman–Crippen LogP) is 10.3. The summed E-state index contributed by atoms with van der Waals surface area (Å²) in [6, 6.07) is 15.0. The van der Waals surface area contributed by atoms with Gasteiger partial charge in [-0.2, -0.15) is 9.78 Å². The minimum absolute atomic E-state index is 0.182. The highest BCUT2D eigenvalue weighted by atomic mass is 17.5. The number of rotatable bonds is 24. The molecule has 0 radical (unpaired) electrons. The monoisotopic (exact) mass is 980 g/mol. The van der Waals surface area contributed by atoms with Crippen molar-refractivity contribution in [3.8, 4) is 23.0 Å². The van der Waals surface area contributed by atoms with Crippen molar-refractivity contribution in [2.75, 3.05) is 26.4 Å². The third kappa shape index (κ3) is 11.4. The van der Waals surface area contributed by atoms with Crippen LogP contribution in [0, 0.1) is 44.9 Å². The van der Waals surface area contributed by atoms with Crippen molar-refractivity contribution < 1.29 is 78.1 Å². The van der Waals surface area contributed by atoms with E-state index in [2.05, 4.69) is 13.8 Å². The summed E-state index contributed by atoms with van der Waals surface area (Å²) in [6.07, 6.45) is 8.51. The molecule has 2 saturated carbocycles. The SMILES string of the molecule is CCOOOc1c(C)cc(C2(c3cc(C)c(OOOCC)c(C=O)c3)CCC(C(C)(C)C3CCC(c4cc(C)c(OCC(=O)O)c(C=O)c4)(c4cc(C)c(OCC(=O)O)c(C=O)c4)CC3)CC2)cc1C=O. The average Bonchev–Trinajstić information content (AvgIpc) is 3.35. The second kappa shape index (κ2) is 23.2. The Balaban J connectivity index is 1.37. The van der Waals surface area contributed by atoms with Gasteiger partial charge in [-0.25, -0.2) is 9.59 Å². The van der Waals surface area contributed by atoms with E-state index in [1.165, 1.54) is 0 Å². The van der Waals surface area contributed by atoms with Crippen molar-refractivity contribution in [1.82, 2.24) is 0 Å². The zero-order chi connectivity index (χ0) is 51.7. The second-order valence-corrected chi connectivity index (χ2v) is 19.3. The van der Waals surface area contributed by atoms with Gasteiger partial charge in [-0.05, 0) is 189 Å². The van der Waals surface area contributed by atoms with Gasteiger partial charge >= 0.3 is 11.9 Å². The number of hydrogen-bond donors (Lipinski definition) is 2. The minimum Gasteiger partial charge on any atom is -0.481 e. The number of carboxylic acid groups (broad SMARTS) is 2. The Bertz CT molecular complexity index is 2460. The van der Waals surface area contributed by atoms with Crippen molar-refractivity contribution in [1.29, 1.82) is 0 Å². The van der Waals surface area contributed by atoms with Gasteiger partial charge in [0, 0.05) is 10.8 Å². The zero-order valence-electron chi connectivity index (χ0n) is 41.7. The molecule has 6 rings (SSSR count). The average molecular weight is 981 g/mol. The van der Waals surface area contributed by atoms with E-state index in [1.54, 1.807) is 39.8 Å². The molecule has 2 aliphatic rings. The molecule has 0 amide bonds. The lowest BCUT2D eigenvalue weighted by atomic mass is 9.53. The molecule has 2 fully saturated rings. The number of aryl methyl sites for hydroxylation is 4. The zero-order valence-corrected chi connectivity index (χ0v) is 41.7. The van der Waals surface area contributed by atoms with Crippen LogP contribution in [0.1, 0.15) is 165 Å². The van der Waals surface area contributed by atoms with Crippen molar-refractivity contribution >= 4 is 37.1 Å². The summed E-state index contributed by atoms with van der Waals surface area (Å²) < 4.78 is 11.2. The largest absolute Gasteiger partial charge is 0.481 e. The molecule has 71 heavy (non-hydrogen) atoms. The molecule has 2 N–H and O–H groups in total. The fraction of sp³-hybridized carbons (Fsp3) is 0.455. The van der Waals surface area contributed by atoms with Gasteiger partial charge in [0.15, 0.2) is 49.9 Å². The van der Waals surface area contributed by atoms with Crippen molar-refractivity contribution in [3.63, 3.8) is 0 Å². The molecule has 380 valence electrons. The standard InChI is InChI=1S/C55H64O16/c1-9-66-70-68-51-35(5)21-45(25-39(51)29-58)55(46-22-36(6)52(40(26-46)30-59)69-71-67-10-2)17-13-42(14-18-55)53(7,8)41-11-15-54(16-12-41,43-19-33(3)49(37(23-43)27-56)64-31-47(60)61)44-20-34(4)50(38(24-44)28-57)65-32-48(62)63/h19-30,41-42H,9-18,31-32H2,1-8H3,(H,60,61)(H,62,63). The lowest BCUT2D eigenvalue weighted by molar-refractivity contribution is -0.464. The van der Waals surface area contributed by atoms with E-state index in [1.807, 2.05) is 50.2 Å². The Labute approximate surface area is 413 Å². The lowest BCUT2D eigenvalue weighted by Crippen LogP contribution is -2.43. The molecular weight excluding hydrogens is 917 g/mol. The maximum absolute atomic E-state index is 12.7. The van der Waals surface area contributed by atoms with E-state index < -0.39 is 36.0 Å². The summed E-state index contributed by atoms with van der Waals surface area (Å²) in [5, 5.41) is 28.6. The van der Waals surface area contributed by atoms with Gasteiger partial charge in [0.1, 0.15) is 11.5 Å². The number of aldehydes is 4. The maximum atomic E-state index is 12.7. The molecule has 0 heterocycles. The molecule has 0 saturated heterocycles. The fourth-order valence-electron chi connectivity index (χ4n) is 11.3. The van der Waals surface area contributed by atoms with Crippen LogP contribution in [0.25, 0.3) is 0 Å². The van der Waals surface area contributed by atoms with E-state index in [0.717, 1.165) is 60.5 Å². The summed E-state index contributed by atoms with van der Waals surface area (Å²) in [4.78, 5) is 94.4. The number of benzene rings is 4. The van der Waals surface area contributed by atoms with Crippen molar-refractivity contribution in [2.24, 2.45) is 17.3 Å². The third-order valence-electron chi connectivity index (χ3n) is 15.0. The number of carboxylic acids is 2. The summed E-state index contributed by atoms with van der Waals surface area (Å²) in [6.45, 7) is 14.6.